The number of nitrogens with zero attached hydrogens (tertiary/aromatic N) is 2. The first-order chi connectivity index (χ1) is 5.75. The fourth-order valence-electron chi connectivity index (χ4n) is 1.97. The maximum atomic E-state index is 9.26. The second-order valence-corrected chi connectivity index (χ2v) is 3.60. The van der Waals surface area contributed by atoms with Gasteiger partial charge in [0.1, 0.15) is 0 Å². The van der Waals surface area contributed by atoms with Crippen LogP contribution in [0.5, 0.6) is 0 Å². The van der Waals surface area contributed by atoms with Gasteiger partial charge in [-0.2, -0.15) is 5.26 Å². The van der Waals surface area contributed by atoms with Gasteiger partial charge < -0.3 is 5.11 Å². The van der Waals surface area contributed by atoms with E-state index in [1.807, 2.05) is 11.9 Å². The highest BCUT2D eigenvalue weighted by Gasteiger charge is 2.36. The van der Waals surface area contributed by atoms with E-state index >= 15 is 0 Å². The first-order valence-electron chi connectivity index (χ1n) is 4.44. The molecule has 1 aliphatic carbocycles. The molecule has 1 fully saturated rings. The van der Waals surface area contributed by atoms with Crippen molar-refractivity contribution in [2.45, 2.75) is 31.2 Å². The van der Waals surface area contributed by atoms with Crippen LogP contribution in [0, 0.1) is 11.3 Å². The number of rotatable bonds is 3. The van der Waals surface area contributed by atoms with Crippen molar-refractivity contribution in [1.29, 1.82) is 5.26 Å². The molecule has 0 spiro atoms. The number of hydrogen-bond donors (Lipinski definition) is 1. The van der Waals surface area contributed by atoms with Crippen LogP contribution in [0.3, 0.4) is 0 Å². The van der Waals surface area contributed by atoms with Gasteiger partial charge in [0, 0.05) is 5.54 Å². The summed E-state index contributed by atoms with van der Waals surface area (Å²) >= 11 is 0. The summed E-state index contributed by atoms with van der Waals surface area (Å²) in [6.45, 7) is 0.603. The van der Waals surface area contributed by atoms with Crippen molar-refractivity contribution in [3.63, 3.8) is 0 Å². The van der Waals surface area contributed by atoms with Crippen LogP contribution in [-0.2, 0) is 0 Å². The summed E-state index contributed by atoms with van der Waals surface area (Å²) < 4.78 is 0. The summed E-state index contributed by atoms with van der Waals surface area (Å²) in [7, 11) is 1.92. The van der Waals surface area contributed by atoms with Crippen LogP contribution in [0.25, 0.3) is 0 Å². The van der Waals surface area contributed by atoms with Gasteiger partial charge in [-0.25, -0.2) is 0 Å². The highest BCUT2D eigenvalue weighted by Crippen LogP contribution is 2.33. The Morgan fingerprint density at radius 1 is 1.50 bits per heavy atom. The zero-order valence-corrected chi connectivity index (χ0v) is 7.58. The molecule has 0 aromatic rings. The molecule has 1 N–H and O–H groups in total. The highest BCUT2D eigenvalue weighted by atomic mass is 16.3. The molecule has 12 heavy (non-hydrogen) atoms. The summed E-state index contributed by atoms with van der Waals surface area (Å²) in [6, 6.07) is 2.12. The molecule has 0 unspecified atom stereocenters. The molecular weight excluding hydrogens is 152 g/mol. The molecule has 68 valence electrons. The fraction of sp³-hybridized carbons (Fsp3) is 0.889. The normalized spacial score (nSPS) is 21.2. The zero-order chi connectivity index (χ0) is 9.03. The van der Waals surface area contributed by atoms with E-state index in [2.05, 4.69) is 6.07 Å². The second kappa shape index (κ2) is 3.88. The van der Waals surface area contributed by atoms with E-state index in [9.17, 15) is 5.11 Å². The van der Waals surface area contributed by atoms with Crippen molar-refractivity contribution in [3.8, 4) is 6.07 Å². The minimum absolute atomic E-state index is 0.0876. The van der Waals surface area contributed by atoms with Crippen LogP contribution < -0.4 is 0 Å². The third-order valence-corrected chi connectivity index (χ3v) is 2.95. The Morgan fingerprint density at radius 2 is 2.08 bits per heavy atom. The van der Waals surface area contributed by atoms with Crippen molar-refractivity contribution in [3.05, 3.63) is 0 Å². The van der Waals surface area contributed by atoms with Crippen LogP contribution in [0.4, 0.5) is 0 Å². The molecule has 1 saturated carbocycles. The first kappa shape index (κ1) is 9.50. The summed E-state index contributed by atoms with van der Waals surface area (Å²) in [5.41, 5.74) is -0.0876. The molecule has 0 radical (unpaired) electrons. The minimum Gasteiger partial charge on any atom is -0.394 e. The fourth-order valence-corrected chi connectivity index (χ4v) is 1.97. The lowest BCUT2D eigenvalue weighted by molar-refractivity contribution is 0.0641. The van der Waals surface area contributed by atoms with E-state index in [0.717, 1.165) is 12.8 Å². The Morgan fingerprint density at radius 3 is 2.50 bits per heavy atom. The number of aliphatic hydroxyl groups is 1. The van der Waals surface area contributed by atoms with Crippen molar-refractivity contribution < 1.29 is 5.11 Å². The molecule has 0 saturated heterocycles. The van der Waals surface area contributed by atoms with Crippen molar-refractivity contribution in [2.75, 3.05) is 20.2 Å². The molecule has 0 aromatic heterocycles. The Bertz CT molecular complexity index is 179. The van der Waals surface area contributed by atoms with Gasteiger partial charge in [0.25, 0.3) is 0 Å². The summed E-state index contributed by atoms with van der Waals surface area (Å²) in [6.07, 6.45) is 4.41. The maximum Gasteiger partial charge on any atom is 0.0868 e. The van der Waals surface area contributed by atoms with E-state index in [1.54, 1.807) is 0 Å². The van der Waals surface area contributed by atoms with E-state index < -0.39 is 0 Å². The Kier molecular flexibility index (Phi) is 3.07. The number of aliphatic hydroxyl groups excluding tert-OH is 1. The molecule has 0 heterocycles. The van der Waals surface area contributed by atoms with E-state index in [-0.39, 0.29) is 12.1 Å². The molecule has 1 rings (SSSR count). The Balaban J connectivity index is 2.60. The van der Waals surface area contributed by atoms with Gasteiger partial charge in [0.05, 0.1) is 19.2 Å². The van der Waals surface area contributed by atoms with Gasteiger partial charge >= 0.3 is 0 Å². The maximum absolute atomic E-state index is 9.26. The molecule has 3 nitrogen and oxygen atoms in total. The van der Waals surface area contributed by atoms with Gasteiger partial charge in [-0.3, -0.25) is 4.90 Å². The molecule has 3 heteroatoms. The smallest absolute Gasteiger partial charge is 0.0868 e. The predicted molar refractivity (Wildman–Crippen MR) is 46.5 cm³/mol. The van der Waals surface area contributed by atoms with Crippen molar-refractivity contribution in [1.82, 2.24) is 4.90 Å². The van der Waals surface area contributed by atoms with Gasteiger partial charge in [-0.1, -0.05) is 12.8 Å². The third kappa shape index (κ3) is 1.60. The Hall–Kier alpha value is -0.590. The lowest BCUT2D eigenvalue weighted by Gasteiger charge is -2.35. The van der Waals surface area contributed by atoms with Crippen LogP contribution in [0.15, 0.2) is 0 Å². The topological polar surface area (TPSA) is 47.3 Å². The summed E-state index contributed by atoms with van der Waals surface area (Å²) in [4.78, 5) is 1.99. The number of likely N-dealkylation sites (N-methyl/N-ethyl adjacent to an activating group) is 1. The molecule has 0 aromatic carbocycles. The summed E-state index contributed by atoms with van der Waals surface area (Å²) in [5, 5.41) is 17.8. The molecule has 0 aliphatic heterocycles. The van der Waals surface area contributed by atoms with E-state index in [4.69, 9.17) is 5.26 Å². The highest BCUT2D eigenvalue weighted by molar-refractivity contribution is 4.95. The SMILES string of the molecule is CN(CC#N)C1(CO)CCCC1. The lowest BCUT2D eigenvalue weighted by atomic mass is 9.97. The molecule has 0 amide bonds. The predicted octanol–water partition coefficient (Wildman–Crippen LogP) is 0.747. The van der Waals surface area contributed by atoms with Gasteiger partial charge in [0.2, 0.25) is 0 Å². The average molecular weight is 168 g/mol. The standard InChI is InChI=1S/C9H16N2O/c1-11(7-6-10)9(8-12)4-2-3-5-9/h12H,2-5,7-8H2,1H3. The second-order valence-electron chi connectivity index (χ2n) is 3.60. The van der Waals surface area contributed by atoms with E-state index in [0.29, 0.717) is 6.54 Å². The van der Waals surface area contributed by atoms with E-state index in [1.165, 1.54) is 12.8 Å². The quantitative estimate of drug-likeness (QED) is 0.632. The molecule has 0 atom stereocenters. The molecule has 0 bridgehead atoms. The third-order valence-electron chi connectivity index (χ3n) is 2.95. The lowest BCUT2D eigenvalue weighted by Crippen LogP contribution is -2.47. The molecular formula is C9H16N2O. The average Bonchev–Trinajstić information content (AvgIpc) is 2.54. The van der Waals surface area contributed by atoms with Crippen LogP contribution >= 0.6 is 0 Å². The minimum atomic E-state index is -0.0876. The van der Waals surface area contributed by atoms with Crippen LogP contribution in [0.1, 0.15) is 25.7 Å². The van der Waals surface area contributed by atoms with Crippen LogP contribution in [0.2, 0.25) is 0 Å². The van der Waals surface area contributed by atoms with Crippen molar-refractivity contribution >= 4 is 0 Å². The molecule has 1 aliphatic rings. The zero-order valence-electron chi connectivity index (χ0n) is 7.58. The van der Waals surface area contributed by atoms with Crippen LogP contribution in [-0.4, -0.2) is 35.7 Å². The number of hydrogen-bond acceptors (Lipinski definition) is 3. The number of nitriles is 1. The largest absolute Gasteiger partial charge is 0.394 e. The van der Waals surface area contributed by atoms with Crippen molar-refractivity contribution in [2.24, 2.45) is 0 Å². The Labute approximate surface area is 73.6 Å². The monoisotopic (exact) mass is 168 g/mol. The first-order valence-corrected chi connectivity index (χ1v) is 4.44. The summed E-state index contributed by atoms with van der Waals surface area (Å²) in [5.74, 6) is 0. The van der Waals surface area contributed by atoms with Gasteiger partial charge in [-0.05, 0) is 19.9 Å². The van der Waals surface area contributed by atoms with Gasteiger partial charge in [-0.15, -0.1) is 0 Å². The van der Waals surface area contributed by atoms with Gasteiger partial charge in [0.15, 0.2) is 0 Å².